The predicted molar refractivity (Wildman–Crippen MR) is 129 cm³/mol. The van der Waals surface area contributed by atoms with Crippen molar-refractivity contribution in [2.24, 2.45) is 4.99 Å². The van der Waals surface area contributed by atoms with Gasteiger partial charge in [-0.15, -0.1) is 24.0 Å². The van der Waals surface area contributed by atoms with Crippen LogP contribution in [0.5, 0.6) is 0 Å². The summed E-state index contributed by atoms with van der Waals surface area (Å²) in [6.45, 7) is 1.95. The second-order valence-electron chi connectivity index (χ2n) is 6.64. The Morgan fingerprint density at radius 3 is 2.55 bits per heavy atom. The molecule has 0 aliphatic heterocycles. The Balaban J connectivity index is 0.00000300. The number of hydrogen-bond donors (Lipinski definition) is 2. The summed E-state index contributed by atoms with van der Waals surface area (Å²) in [5.41, 5.74) is 2.13. The second-order valence-corrected chi connectivity index (χ2v) is 6.64. The molecule has 29 heavy (non-hydrogen) atoms. The fourth-order valence-corrected chi connectivity index (χ4v) is 2.68. The van der Waals surface area contributed by atoms with E-state index < -0.39 is 0 Å². The van der Waals surface area contributed by atoms with Crippen molar-refractivity contribution in [2.45, 2.75) is 19.5 Å². The zero-order valence-electron chi connectivity index (χ0n) is 16.8. The number of nitrogens with zero attached hydrogens (tertiary/aromatic N) is 3. The Morgan fingerprint density at radius 2 is 1.83 bits per heavy atom. The Hall–Kier alpha value is -2.55. The molecular formula is C22H28IN5O. The first-order valence-electron chi connectivity index (χ1n) is 9.42. The van der Waals surface area contributed by atoms with Crippen LogP contribution in [0.25, 0.3) is 0 Å². The third-order valence-electron chi connectivity index (χ3n) is 4.19. The molecule has 2 heterocycles. The van der Waals surface area contributed by atoms with Crippen LogP contribution in [-0.2, 0) is 19.5 Å². The maximum atomic E-state index is 5.39. The molecule has 0 amide bonds. The van der Waals surface area contributed by atoms with E-state index in [1.165, 1.54) is 5.56 Å². The van der Waals surface area contributed by atoms with Crippen LogP contribution in [-0.4, -0.2) is 31.6 Å². The molecule has 0 bridgehead atoms. The van der Waals surface area contributed by atoms with E-state index in [9.17, 15) is 0 Å². The van der Waals surface area contributed by atoms with E-state index in [-0.39, 0.29) is 24.0 Å². The van der Waals surface area contributed by atoms with Crippen LogP contribution >= 0.6 is 24.0 Å². The van der Waals surface area contributed by atoms with Gasteiger partial charge in [0.2, 0.25) is 0 Å². The van der Waals surface area contributed by atoms with Gasteiger partial charge in [-0.1, -0.05) is 36.4 Å². The normalized spacial score (nSPS) is 10.9. The lowest BCUT2D eigenvalue weighted by Crippen LogP contribution is -2.38. The molecule has 0 radical (unpaired) electrons. The van der Waals surface area contributed by atoms with Gasteiger partial charge in [-0.25, -0.2) is 9.98 Å². The molecule has 2 aromatic heterocycles. The molecule has 3 rings (SSSR count). The topological polar surface area (TPSA) is 65.7 Å². The molecule has 0 atom stereocenters. The fourth-order valence-electron chi connectivity index (χ4n) is 2.68. The van der Waals surface area contributed by atoms with Crippen molar-refractivity contribution in [3.63, 3.8) is 0 Å². The zero-order chi connectivity index (χ0) is 19.6. The minimum Gasteiger partial charge on any atom is -0.469 e. The van der Waals surface area contributed by atoms with Gasteiger partial charge in [0.1, 0.15) is 11.6 Å². The second kappa shape index (κ2) is 12.1. The summed E-state index contributed by atoms with van der Waals surface area (Å²) in [5, 5.41) is 6.76. The van der Waals surface area contributed by atoms with Crippen LogP contribution in [0.1, 0.15) is 17.0 Å². The van der Waals surface area contributed by atoms with Gasteiger partial charge in [-0.3, -0.25) is 0 Å². The smallest absolute Gasteiger partial charge is 0.191 e. The van der Waals surface area contributed by atoms with Gasteiger partial charge < -0.3 is 20.0 Å². The van der Waals surface area contributed by atoms with E-state index in [2.05, 4.69) is 27.8 Å². The van der Waals surface area contributed by atoms with Crippen molar-refractivity contribution in [1.82, 2.24) is 15.6 Å². The average Bonchev–Trinajstić information content (AvgIpc) is 3.24. The van der Waals surface area contributed by atoms with Crippen molar-refractivity contribution in [3.8, 4) is 0 Å². The number of aromatic nitrogens is 1. The van der Waals surface area contributed by atoms with Crippen molar-refractivity contribution >= 4 is 35.8 Å². The summed E-state index contributed by atoms with van der Waals surface area (Å²) in [4.78, 5) is 11.4. The Bertz CT molecular complexity index is 866. The number of hydrogen-bond acceptors (Lipinski definition) is 4. The van der Waals surface area contributed by atoms with Crippen LogP contribution in [0, 0.1) is 0 Å². The minimum absolute atomic E-state index is 0. The third kappa shape index (κ3) is 7.77. The number of aliphatic imine (C=N–C) groups is 1. The molecule has 0 saturated heterocycles. The first kappa shape index (κ1) is 22.7. The molecule has 0 spiro atoms. The fraction of sp³-hybridized carbons (Fsp3) is 0.273. The number of benzene rings is 1. The van der Waals surface area contributed by atoms with Crippen LogP contribution in [0.4, 0.5) is 5.82 Å². The largest absolute Gasteiger partial charge is 0.469 e. The highest BCUT2D eigenvalue weighted by Crippen LogP contribution is 2.07. The number of halogens is 1. The number of nitrogens with one attached hydrogen (secondary N) is 2. The van der Waals surface area contributed by atoms with Crippen molar-refractivity contribution < 1.29 is 4.42 Å². The van der Waals surface area contributed by atoms with E-state index in [0.717, 1.165) is 36.2 Å². The summed E-state index contributed by atoms with van der Waals surface area (Å²) < 4.78 is 5.39. The van der Waals surface area contributed by atoms with E-state index >= 15 is 0 Å². The van der Waals surface area contributed by atoms with Gasteiger partial charge in [-0.05, 0) is 29.8 Å². The maximum absolute atomic E-state index is 5.39. The molecule has 7 heteroatoms. The summed E-state index contributed by atoms with van der Waals surface area (Å²) in [6, 6.07) is 20.1. The quantitative estimate of drug-likeness (QED) is 0.277. The Morgan fingerprint density at radius 1 is 1.00 bits per heavy atom. The predicted octanol–water partition coefficient (Wildman–Crippen LogP) is 3.84. The zero-order valence-corrected chi connectivity index (χ0v) is 19.2. The SMILES string of the molecule is CN(C)c1cccc(CNC(=NCc2ccccc2)NCCc2ccco2)n1.I. The lowest BCUT2D eigenvalue weighted by atomic mass is 10.2. The highest BCUT2D eigenvalue weighted by molar-refractivity contribution is 14.0. The van der Waals surface area contributed by atoms with Gasteiger partial charge in [0.25, 0.3) is 0 Å². The molecule has 0 fully saturated rings. The number of anilines is 1. The van der Waals surface area contributed by atoms with Gasteiger partial charge in [0.05, 0.1) is 25.0 Å². The first-order valence-corrected chi connectivity index (χ1v) is 9.42. The summed E-state index contributed by atoms with van der Waals surface area (Å²) >= 11 is 0. The van der Waals surface area contributed by atoms with Gasteiger partial charge in [0.15, 0.2) is 5.96 Å². The monoisotopic (exact) mass is 505 g/mol. The molecule has 6 nitrogen and oxygen atoms in total. The van der Waals surface area contributed by atoms with E-state index in [4.69, 9.17) is 9.41 Å². The summed E-state index contributed by atoms with van der Waals surface area (Å²) in [5.74, 6) is 2.65. The maximum Gasteiger partial charge on any atom is 0.191 e. The number of guanidine groups is 1. The van der Waals surface area contributed by atoms with Crippen LogP contribution < -0.4 is 15.5 Å². The van der Waals surface area contributed by atoms with Crippen LogP contribution in [0.15, 0.2) is 76.3 Å². The van der Waals surface area contributed by atoms with E-state index in [0.29, 0.717) is 13.1 Å². The molecule has 154 valence electrons. The molecular weight excluding hydrogens is 477 g/mol. The Kier molecular flexibility index (Phi) is 9.49. The molecule has 0 aliphatic rings. The number of pyridine rings is 1. The van der Waals surface area contributed by atoms with Crippen molar-refractivity contribution in [2.75, 3.05) is 25.5 Å². The van der Waals surface area contributed by atoms with E-state index in [1.54, 1.807) is 6.26 Å². The molecule has 0 aliphatic carbocycles. The first-order chi connectivity index (χ1) is 13.7. The molecule has 0 saturated carbocycles. The number of rotatable bonds is 8. The third-order valence-corrected chi connectivity index (χ3v) is 4.19. The van der Waals surface area contributed by atoms with E-state index in [1.807, 2.05) is 67.5 Å². The molecule has 0 unspecified atom stereocenters. The molecule has 2 N–H and O–H groups in total. The van der Waals surface area contributed by atoms with Gasteiger partial charge >= 0.3 is 0 Å². The van der Waals surface area contributed by atoms with Crippen molar-refractivity contribution in [3.05, 3.63) is 83.9 Å². The van der Waals surface area contributed by atoms with Gasteiger partial charge in [-0.2, -0.15) is 0 Å². The standard InChI is InChI=1S/C22H27N5O.HI/c1-27(2)21-12-6-10-19(26-21)17-25-22(23-14-13-20-11-7-15-28-20)24-16-18-8-4-3-5-9-18;/h3-12,15H,13-14,16-17H2,1-2H3,(H2,23,24,25);1H. The van der Waals surface area contributed by atoms with Crippen LogP contribution in [0.2, 0.25) is 0 Å². The lowest BCUT2D eigenvalue weighted by molar-refractivity contribution is 0.506. The summed E-state index contributed by atoms with van der Waals surface area (Å²) in [7, 11) is 3.98. The summed E-state index contributed by atoms with van der Waals surface area (Å²) in [6.07, 6.45) is 2.49. The van der Waals surface area contributed by atoms with Crippen molar-refractivity contribution in [1.29, 1.82) is 0 Å². The Labute approximate surface area is 189 Å². The highest BCUT2D eigenvalue weighted by Gasteiger charge is 2.04. The highest BCUT2D eigenvalue weighted by atomic mass is 127. The lowest BCUT2D eigenvalue weighted by Gasteiger charge is -2.14. The van der Waals surface area contributed by atoms with Gasteiger partial charge in [0, 0.05) is 27.1 Å². The average molecular weight is 505 g/mol. The minimum atomic E-state index is 0. The number of furan rings is 1. The molecule has 1 aromatic carbocycles. The molecule has 3 aromatic rings. The van der Waals surface area contributed by atoms with Crippen LogP contribution in [0.3, 0.4) is 0 Å².